The number of halogens is 1. The van der Waals surface area contributed by atoms with Gasteiger partial charge in [-0.15, -0.1) is 35.3 Å². The number of aromatic nitrogens is 2. The molecule has 7 heteroatoms. The van der Waals surface area contributed by atoms with E-state index < -0.39 is 0 Å². The van der Waals surface area contributed by atoms with Gasteiger partial charge < -0.3 is 15.2 Å². The van der Waals surface area contributed by atoms with Crippen LogP contribution in [0.4, 0.5) is 0 Å². The molecule has 2 aromatic rings. The van der Waals surface area contributed by atoms with Gasteiger partial charge in [-0.25, -0.2) is 4.98 Å². The van der Waals surface area contributed by atoms with Crippen molar-refractivity contribution < 1.29 is 0 Å². The Morgan fingerprint density at radius 1 is 1.26 bits per heavy atom. The van der Waals surface area contributed by atoms with Crippen LogP contribution in [0.25, 0.3) is 0 Å². The maximum Gasteiger partial charge on any atom is 0.191 e. The standard InChI is InChI=1S/C16H25N5S.HI/c1-3-14-13-20-15(22-14)7-8-18-16(17-4-2)19-9-12-21-10-5-6-11-21;/h5-6,10-11,13H,3-4,7-9,12H2,1-2H3,(H2,17,18,19);1H. The van der Waals surface area contributed by atoms with Crippen LogP contribution < -0.4 is 10.6 Å². The highest BCUT2D eigenvalue weighted by Gasteiger charge is 2.01. The van der Waals surface area contributed by atoms with E-state index in [1.54, 1.807) is 11.3 Å². The highest BCUT2D eigenvalue weighted by molar-refractivity contribution is 14.0. The number of thiazole rings is 1. The molecule has 2 aromatic heterocycles. The lowest BCUT2D eigenvalue weighted by Gasteiger charge is -2.11. The first-order valence-electron chi connectivity index (χ1n) is 7.88. The second kappa shape index (κ2) is 11.4. The third-order valence-corrected chi connectivity index (χ3v) is 4.42. The van der Waals surface area contributed by atoms with Gasteiger partial charge in [-0.1, -0.05) is 6.92 Å². The second-order valence-corrected chi connectivity index (χ2v) is 6.13. The molecule has 0 aliphatic carbocycles. The van der Waals surface area contributed by atoms with Crippen molar-refractivity contribution in [2.24, 2.45) is 4.99 Å². The largest absolute Gasteiger partial charge is 0.357 e. The maximum absolute atomic E-state index is 4.61. The van der Waals surface area contributed by atoms with Gasteiger partial charge in [0.05, 0.1) is 5.01 Å². The molecule has 2 heterocycles. The van der Waals surface area contributed by atoms with E-state index in [2.05, 4.69) is 51.4 Å². The number of hydrogen-bond donors (Lipinski definition) is 2. The van der Waals surface area contributed by atoms with Gasteiger partial charge in [-0.3, -0.25) is 4.99 Å². The highest BCUT2D eigenvalue weighted by atomic mass is 127. The zero-order valence-electron chi connectivity index (χ0n) is 13.8. The first kappa shape index (κ1) is 20.0. The first-order chi connectivity index (χ1) is 10.8. The Morgan fingerprint density at radius 3 is 2.70 bits per heavy atom. The van der Waals surface area contributed by atoms with E-state index in [9.17, 15) is 0 Å². The predicted molar refractivity (Wildman–Crippen MR) is 109 cm³/mol. The van der Waals surface area contributed by atoms with Crippen LogP contribution in [0.3, 0.4) is 0 Å². The maximum atomic E-state index is 4.61. The SMILES string of the molecule is CCNC(=NCCc1ncc(CC)s1)NCCn1cccc1.I. The lowest BCUT2D eigenvalue weighted by molar-refractivity contribution is 0.665. The van der Waals surface area contributed by atoms with Crippen molar-refractivity contribution in [3.05, 3.63) is 40.6 Å². The van der Waals surface area contributed by atoms with Crippen molar-refractivity contribution in [3.8, 4) is 0 Å². The van der Waals surface area contributed by atoms with E-state index in [0.29, 0.717) is 0 Å². The second-order valence-electron chi connectivity index (χ2n) is 4.93. The van der Waals surface area contributed by atoms with Crippen LogP contribution in [-0.2, 0) is 19.4 Å². The molecular formula is C16H26IN5S. The number of hydrogen-bond acceptors (Lipinski definition) is 3. The minimum absolute atomic E-state index is 0. The number of aliphatic imine (C=N–C) groups is 1. The van der Waals surface area contributed by atoms with Gasteiger partial charge in [-0.05, 0) is 25.5 Å². The lowest BCUT2D eigenvalue weighted by Crippen LogP contribution is -2.39. The summed E-state index contributed by atoms with van der Waals surface area (Å²) in [6, 6.07) is 4.08. The zero-order chi connectivity index (χ0) is 15.6. The van der Waals surface area contributed by atoms with E-state index in [0.717, 1.165) is 45.0 Å². The molecule has 0 amide bonds. The van der Waals surface area contributed by atoms with Gasteiger partial charge in [0.1, 0.15) is 0 Å². The topological polar surface area (TPSA) is 54.2 Å². The molecule has 2 N–H and O–H groups in total. The van der Waals surface area contributed by atoms with Gasteiger partial charge >= 0.3 is 0 Å². The van der Waals surface area contributed by atoms with Crippen molar-refractivity contribution >= 4 is 41.3 Å². The summed E-state index contributed by atoms with van der Waals surface area (Å²) in [6.07, 6.45) is 8.08. The Morgan fingerprint density at radius 2 is 2.04 bits per heavy atom. The summed E-state index contributed by atoms with van der Waals surface area (Å²) in [5.41, 5.74) is 0. The molecule has 0 unspecified atom stereocenters. The summed E-state index contributed by atoms with van der Waals surface area (Å²) in [5, 5.41) is 7.81. The Hall–Kier alpha value is -1.09. The van der Waals surface area contributed by atoms with Crippen molar-refractivity contribution in [1.29, 1.82) is 0 Å². The molecule has 0 fully saturated rings. The van der Waals surface area contributed by atoms with Crippen molar-refractivity contribution in [2.45, 2.75) is 33.2 Å². The van der Waals surface area contributed by atoms with Crippen molar-refractivity contribution in [1.82, 2.24) is 20.2 Å². The molecule has 2 rings (SSSR count). The molecule has 0 saturated heterocycles. The van der Waals surface area contributed by atoms with E-state index in [1.165, 1.54) is 9.88 Å². The normalized spacial score (nSPS) is 11.1. The summed E-state index contributed by atoms with van der Waals surface area (Å²) in [6.45, 7) is 7.66. The van der Waals surface area contributed by atoms with Crippen LogP contribution >= 0.6 is 35.3 Å². The Kier molecular flexibility index (Phi) is 9.93. The molecule has 5 nitrogen and oxygen atoms in total. The Bertz CT molecular complexity index is 565. The monoisotopic (exact) mass is 447 g/mol. The van der Waals surface area contributed by atoms with Crippen LogP contribution in [0.2, 0.25) is 0 Å². The molecule has 0 aliphatic rings. The van der Waals surface area contributed by atoms with Crippen molar-refractivity contribution in [2.75, 3.05) is 19.6 Å². The molecule has 0 spiro atoms. The summed E-state index contributed by atoms with van der Waals surface area (Å²) < 4.78 is 2.15. The molecule has 0 saturated carbocycles. The van der Waals surface area contributed by atoms with Crippen LogP contribution in [-0.4, -0.2) is 35.1 Å². The zero-order valence-corrected chi connectivity index (χ0v) is 16.9. The molecule has 0 atom stereocenters. The molecule has 0 aromatic carbocycles. The average Bonchev–Trinajstić information content (AvgIpc) is 3.18. The van der Waals surface area contributed by atoms with Crippen LogP contribution in [0.1, 0.15) is 23.7 Å². The summed E-state index contributed by atoms with van der Waals surface area (Å²) >= 11 is 1.79. The molecule has 0 aliphatic heterocycles. The molecule has 0 bridgehead atoms. The van der Waals surface area contributed by atoms with E-state index >= 15 is 0 Å². The summed E-state index contributed by atoms with van der Waals surface area (Å²) in [7, 11) is 0. The predicted octanol–water partition coefficient (Wildman–Crippen LogP) is 2.92. The fourth-order valence-electron chi connectivity index (χ4n) is 2.05. The van der Waals surface area contributed by atoms with Crippen LogP contribution in [0.5, 0.6) is 0 Å². The van der Waals surface area contributed by atoms with Gasteiger partial charge in [-0.2, -0.15) is 0 Å². The Balaban J connectivity index is 0.00000264. The van der Waals surface area contributed by atoms with Crippen molar-refractivity contribution in [3.63, 3.8) is 0 Å². The molecule has 128 valence electrons. The van der Waals surface area contributed by atoms with E-state index in [-0.39, 0.29) is 24.0 Å². The van der Waals surface area contributed by atoms with E-state index in [1.807, 2.05) is 18.3 Å². The van der Waals surface area contributed by atoms with Crippen LogP contribution in [0.15, 0.2) is 35.7 Å². The smallest absolute Gasteiger partial charge is 0.191 e. The van der Waals surface area contributed by atoms with Gasteiger partial charge in [0, 0.05) is 56.1 Å². The average molecular weight is 447 g/mol. The van der Waals surface area contributed by atoms with Gasteiger partial charge in [0.2, 0.25) is 0 Å². The number of guanidine groups is 1. The highest BCUT2D eigenvalue weighted by Crippen LogP contribution is 2.13. The summed E-state index contributed by atoms with van der Waals surface area (Å²) in [5.74, 6) is 0.877. The third kappa shape index (κ3) is 7.34. The van der Waals surface area contributed by atoms with Gasteiger partial charge in [0.25, 0.3) is 0 Å². The molecule has 23 heavy (non-hydrogen) atoms. The number of aryl methyl sites for hydroxylation is 1. The minimum Gasteiger partial charge on any atom is -0.357 e. The fraction of sp³-hybridized carbons (Fsp3) is 0.500. The number of nitrogens with one attached hydrogen (secondary N) is 2. The Labute approximate surface area is 159 Å². The van der Waals surface area contributed by atoms with E-state index in [4.69, 9.17) is 0 Å². The third-order valence-electron chi connectivity index (χ3n) is 3.22. The quantitative estimate of drug-likeness (QED) is 0.372. The minimum atomic E-state index is 0. The lowest BCUT2D eigenvalue weighted by atomic mass is 10.4. The first-order valence-corrected chi connectivity index (χ1v) is 8.70. The molecule has 0 radical (unpaired) electrons. The summed E-state index contributed by atoms with van der Waals surface area (Å²) in [4.78, 5) is 10.4. The fourth-order valence-corrected chi connectivity index (χ4v) is 2.91. The van der Waals surface area contributed by atoms with Crippen LogP contribution in [0, 0.1) is 0 Å². The molecular weight excluding hydrogens is 421 g/mol. The van der Waals surface area contributed by atoms with Gasteiger partial charge in [0.15, 0.2) is 5.96 Å². The number of rotatable bonds is 8. The number of nitrogens with zero attached hydrogens (tertiary/aromatic N) is 3.